The number of rotatable bonds is 10. The van der Waals surface area contributed by atoms with Gasteiger partial charge >= 0.3 is 0 Å². The molecule has 2 amide bonds. The van der Waals surface area contributed by atoms with Gasteiger partial charge in [0.05, 0.1) is 11.9 Å². The normalized spacial score (nSPS) is 12.2. The highest BCUT2D eigenvalue weighted by atomic mass is 127. The van der Waals surface area contributed by atoms with Crippen LogP contribution < -0.4 is 9.62 Å². The Balaban J connectivity index is 2.37. The van der Waals surface area contributed by atoms with Crippen molar-refractivity contribution in [2.24, 2.45) is 0 Å². The molecule has 0 saturated heterocycles. The Labute approximate surface area is 208 Å². The van der Waals surface area contributed by atoms with E-state index in [1.807, 2.05) is 6.92 Å². The number of nitrogens with zero attached hydrogens (tertiary/aromatic N) is 2. The smallest absolute Gasteiger partial charge is 0.244 e. The van der Waals surface area contributed by atoms with Crippen molar-refractivity contribution < 1.29 is 18.0 Å². The predicted octanol–water partition coefficient (Wildman–Crippen LogP) is 3.65. The molecule has 1 atom stereocenters. The maximum atomic E-state index is 13.4. The first kappa shape index (κ1) is 26.4. The highest BCUT2D eigenvalue weighted by Gasteiger charge is 2.30. The number of carbonyl (C=O) groups is 2. The Morgan fingerprint density at radius 2 is 1.75 bits per heavy atom. The van der Waals surface area contributed by atoms with Crippen molar-refractivity contribution in [3.05, 3.63) is 62.7 Å². The van der Waals surface area contributed by atoms with Gasteiger partial charge in [-0.25, -0.2) is 8.42 Å². The van der Waals surface area contributed by atoms with Crippen molar-refractivity contribution in [3.63, 3.8) is 0 Å². The van der Waals surface area contributed by atoms with Crippen LogP contribution in [0.3, 0.4) is 0 Å². The number of nitrogens with one attached hydrogen (secondary N) is 1. The molecule has 174 valence electrons. The van der Waals surface area contributed by atoms with Crippen LogP contribution in [0.5, 0.6) is 0 Å². The molecule has 2 rings (SSSR count). The molecule has 10 heteroatoms. The number of halogens is 2. The van der Waals surface area contributed by atoms with Gasteiger partial charge in [0.25, 0.3) is 0 Å². The molecule has 0 spiro atoms. The summed E-state index contributed by atoms with van der Waals surface area (Å²) in [6, 6.07) is 13.0. The fourth-order valence-electron chi connectivity index (χ4n) is 3.01. The summed E-state index contributed by atoms with van der Waals surface area (Å²) in [6.07, 6.45) is 1.81. The van der Waals surface area contributed by atoms with E-state index < -0.39 is 28.5 Å². The van der Waals surface area contributed by atoms with E-state index in [1.165, 1.54) is 4.90 Å². The molecule has 1 unspecified atom stereocenters. The van der Waals surface area contributed by atoms with Crippen LogP contribution in [-0.2, 0) is 26.2 Å². The Bertz CT molecular complexity index is 1050. The lowest BCUT2D eigenvalue weighted by Crippen LogP contribution is -2.51. The number of anilines is 1. The van der Waals surface area contributed by atoms with Crippen LogP contribution in [0.15, 0.2) is 48.5 Å². The number of amides is 2. The van der Waals surface area contributed by atoms with Gasteiger partial charge in [-0.05, 0) is 71.8 Å². The molecule has 7 nitrogen and oxygen atoms in total. The van der Waals surface area contributed by atoms with E-state index in [1.54, 1.807) is 55.5 Å². The average Bonchev–Trinajstić information content (AvgIpc) is 2.74. The third kappa shape index (κ3) is 7.35. The maximum Gasteiger partial charge on any atom is 0.244 e. The van der Waals surface area contributed by atoms with E-state index in [0.29, 0.717) is 22.8 Å². The second kappa shape index (κ2) is 11.9. The summed E-state index contributed by atoms with van der Waals surface area (Å²) in [6.45, 7) is 3.67. The van der Waals surface area contributed by atoms with Crippen LogP contribution in [0.4, 0.5) is 5.69 Å². The minimum Gasteiger partial charge on any atom is -0.354 e. The fourth-order valence-corrected chi connectivity index (χ4v) is 4.41. The van der Waals surface area contributed by atoms with Gasteiger partial charge in [-0.15, -0.1) is 0 Å². The Morgan fingerprint density at radius 3 is 2.31 bits per heavy atom. The first-order chi connectivity index (χ1) is 15.0. The van der Waals surface area contributed by atoms with Gasteiger partial charge < -0.3 is 10.2 Å². The van der Waals surface area contributed by atoms with Gasteiger partial charge in [0, 0.05) is 21.7 Å². The van der Waals surface area contributed by atoms with E-state index in [2.05, 4.69) is 27.9 Å². The molecular formula is C22H27ClIN3O4S. The number of sulfonamides is 1. The van der Waals surface area contributed by atoms with E-state index in [9.17, 15) is 18.0 Å². The molecule has 0 aromatic heterocycles. The molecule has 2 aromatic carbocycles. The van der Waals surface area contributed by atoms with Crippen LogP contribution in [0.1, 0.15) is 25.8 Å². The lowest BCUT2D eigenvalue weighted by Gasteiger charge is -2.31. The Morgan fingerprint density at radius 1 is 1.12 bits per heavy atom. The quantitative estimate of drug-likeness (QED) is 0.428. The van der Waals surface area contributed by atoms with Gasteiger partial charge in [0.2, 0.25) is 21.8 Å². The lowest BCUT2D eigenvalue weighted by molar-refractivity contribution is -0.139. The number of hydrogen-bond donors (Lipinski definition) is 1. The molecule has 0 saturated carbocycles. The minimum absolute atomic E-state index is 0.0729. The van der Waals surface area contributed by atoms with E-state index in [-0.39, 0.29) is 12.5 Å². The summed E-state index contributed by atoms with van der Waals surface area (Å²) in [5, 5.41) is 3.25. The Hall–Kier alpha value is -1.85. The van der Waals surface area contributed by atoms with Crippen molar-refractivity contribution in [1.29, 1.82) is 0 Å². The third-order valence-corrected chi connectivity index (χ3v) is 7.04. The molecular weight excluding hydrogens is 565 g/mol. The van der Waals surface area contributed by atoms with Gasteiger partial charge in [-0.1, -0.05) is 36.7 Å². The topological polar surface area (TPSA) is 86.8 Å². The number of benzene rings is 2. The van der Waals surface area contributed by atoms with Crippen molar-refractivity contribution >= 4 is 61.7 Å². The highest BCUT2D eigenvalue weighted by Crippen LogP contribution is 2.22. The molecule has 0 aliphatic carbocycles. The zero-order valence-corrected chi connectivity index (χ0v) is 21.9. The van der Waals surface area contributed by atoms with Gasteiger partial charge in [0.1, 0.15) is 12.6 Å². The molecule has 0 bridgehead atoms. The second-order valence-corrected chi connectivity index (χ2v) is 10.9. The summed E-state index contributed by atoms with van der Waals surface area (Å²) in [4.78, 5) is 27.4. The first-order valence-electron chi connectivity index (χ1n) is 10.1. The molecule has 1 N–H and O–H groups in total. The minimum atomic E-state index is -3.74. The van der Waals surface area contributed by atoms with Crippen LogP contribution in [0.25, 0.3) is 0 Å². The van der Waals surface area contributed by atoms with Crippen LogP contribution in [-0.4, -0.2) is 50.5 Å². The highest BCUT2D eigenvalue weighted by molar-refractivity contribution is 14.1. The van der Waals surface area contributed by atoms with Gasteiger partial charge in [-0.3, -0.25) is 13.9 Å². The fraction of sp³-hybridized carbons (Fsp3) is 0.364. The largest absolute Gasteiger partial charge is 0.354 e. The summed E-state index contributed by atoms with van der Waals surface area (Å²) >= 11 is 8.40. The summed E-state index contributed by atoms with van der Waals surface area (Å²) in [5.74, 6) is -0.819. The summed E-state index contributed by atoms with van der Waals surface area (Å²) in [7, 11) is -3.74. The van der Waals surface area contributed by atoms with E-state index >= 15 is 0 Å². The third-order valence-electron chi connectivity index (χ3n) is 4.81. The molecule has 32 heavy (non-hydrogen) atoms. The lowest BCUT2D eigenvalue weighted by atomic mass is 10.1. The zero-order valence-electron chi connectivity index (χ0n) is 18.2. The van der Waals surface area contributed by atoms with Gasteiger partial charge in [-0.2, -0.15) is 0 Å². The zero-order chi connectivity index (χ0) is 23.9. The predicted molar refractivity (Wildman–Crippen MR) is 136 cm³/mol. The van der Waals surface area contributed by atoms with Crippen LogP contribution >= 0.6 is 34.2 Å². The molecule has 0 fully saturated rings. The maximum absolute atomic E-state index is 13.4. The molecule has 0 aliphatic heterocycles. The van der Waals surface area contributed by atoms with Gasteiger partial charge in [0.15, 0.2) is 0 Å². The molecule has 0 aliphatic rings. The van der Waals surface area contributed by atoms with Crippen LogP contribution in [0, 0.1) is 3.57 Å². The van der Waals surface area contributed by atoms with Crippen LogP contribution in [0.2, 0.25) is 5.02 Å². The number of hydrogen-bond acceptors (Lipinski definition) is 4. The van der Waals surface area contributed by atoms with Crippen molar-refractivity contribution in [2.45, 2.75) is 32.9 Å². The summed E-state index contributed by atoms with van der Waals surface area (Å²) < 4.78 is 27.0. The molecule has 2 aromatic rings. The SMILES string of the molecule is CCCNC(=O)C(C)N(Cc1ccccc1Cl)C(=O)CN(c1ccc(I)cc1)S(C)(=O)=O. The van der Waals surface area contributed by atoms with Crippen molar-refractivity contribution in [3.8, 4) is 0 Å². The van der Waals surface area contributed by atoms with E-state index in [4.69, 9.17) is 11.6 Å². The standard InChI is InChI=1S/C22H27ClIN3O4S/c1-4-13-25-22(29)16(2)26(14-17-7-5-6-8-20(17)23)21(28)15-27(32(3,30)31)19-11-9-18(24)10-12-19/h5-12,16H,4,13-15H2,1-3H3,(H,25,29). The van der Waals surface area contributed by atoms with Crippen molar-refractivity contribution in [1.82, 2.24) is 10.2 Å². The monoisotopic (exact) mass is 591 g/mol. The second-order valence-electron chi connectivity index (χ2n) is 7.33. The van der Waals surface area contributed by atoms with Crippen molar-refractivity contribution in [2.75, 3.05) is 23.7 Å². The molecule has 0 radical (unpaired) electrons. The average molecular weight is 592 g/mol. The Kier molecular flexibility index (Phi) is 9.78. The first-order valence-corrected chi connectivity index (χ1v) is 13.4. The summed E-state index contributed by atoms with van der Waals surface area (Å²) in [5.41, 5.74) is 1.04. The number of carbonyl (C=O) groups excluding carboxylic acids is 2. The van der Waals surface area contributed by atoms with E-state index in [0.717, 1.165) is 20.6 Å². The molecule has 0 heterocycles.